The van der Waals surface area contributed by atoms with Crippen LogP contribution in [-0.2, 0) is 21.2 Å². The van der Waals surface area contributed by atoms with Gasteiger partial charge < -0.3 is 4.90 Å². The van der Waals surface area contributed by atoms with Crippen molar-refractivity contribution in [3.05, 3.63) is 35.4 Å². The highest BCUT2D eigenvalue weighted by atomic mass is 32.2. The maximum Gasteiger partial charge on any atom is 0.247 e. The molecule has 0 bridgehead atoms. The number of nitrogens with zero attached hydrogens (tertiary/aromatic N) is 2. The van der Waals surface area contributed by atoms with Gasteiger partial charge in [0, 0.05) is 18.2 Å². The predicted molar refractivity (Wildman–Crippen MR) is 93.3 cm³/mol. The summed E-state index contributed by atoms with van der Waals surface area (Å²) in [4.78, 5) is 17.9. The Balaban J connectivity index is 1.88. The first-order chi connectivity index (χ1) is 10.9. The third-order valence-electron chi connectivity index (χ3n) is 4.17. The van der Waals surface area contributed by atoms with Gasteiger partial charge in [0.05, 0.1) is 17.5 Å². The molecule has 0 N–H and O–H groups in total. The molecule has 2 aliphatic heterocycles. The molecule has 0 unspecified atom stereocenters. The standard InChI is InChI=1S/C16H20N2O3S2/c1-3-15(19)17-16-18(8-12-6-4-11(2)5-7-12)13-9-23(20,21)10-14(13)22-16/h4-7,13-14H,3,8-10H2,1-2H3/t13-,14-/m1/s1. The fourth-order valence-corrected chi connectivity index (χ4v) is 6.86. The van der Waals surface area contributed by atoms with Crippen LogP contribution in [0, 0.1) is 6.92 Å². The molecule has 1 amide bonds. The Kier molecular flexibility index (Phi) is 4.51. The summed E-state index contributed by atoms with van der Waals surface area (Å²) in [7, 11) is -3.00. The first-order valence-corrected chi connectivity index (χ1v) is 10.4. The van der Waals surface area contributed by atoms with Crippen molar-refractivity contribution >= 4 is 32.7 Å². The van der Waals surface area contributed by atoms with Crippen LogP contribution in [0.15, 0.2) is 29.3 Å². The molecular weight excluding hydrogens is 332 g/mol. The number of sulfone groups is 1. The molecule has 1 aromatic rings. The Hall–Kier alpha value is -1.34. The smallest absolute Gasteiger partial charge is 0.247 e. The molecule has 5 nitrogen and oxygen atoms in total. The number of carbonyl (C=O) groups is 1. The molecule has 2 saturated heterocycles. The van der Waals surface area contributed by atoms with Crippen LogP contribution in [0.2, 0.25) is 0 Å². The van der Waals surface area contributed by atoms with E-state index in [-0.39, 0.29) is 28.7 Å². The number of benzene rings is 1. The molecule has 7 heteroatoms. The van der Waals surface area contributed by atoms with Crippen LogP contribution in [-0.4, -0.2) is 47.2 Å². The molecule has 23 heavy (non-hydrogen) atoms. The second-order valence-electron chi connectivity index (χ2n) is 6.06. The van der Waals surface area contributed by atoms with E-state index in [9.17, 15) is 13.2 Å². The number of fused-ring (bicyclic) bond motifs is 1. The Bertz CT molecular complexity index is 741. The van der Waals surface area contributed by atoms with Gasteiger partial charge in [0.1, 0.15) is 0 Å². The topological polar surface area (TPSA) is 66.8 Å². The van der Waals surface area contributed by atoms with Gasteiger partial charge in [-0.2, -0.15) is 4.99 Å². The second-order valence-corrected chi connectivity index (χ2v) is 9.42. The highest BCUT2D eigenvalue weighted by molar-refractivity contribution is 8.15. The van der Waals surface area contributed by atoms with Gasteiger partial charge in [0.25, 0.3) is 0 Å². The number of amides is 1. The van der Waals surface area contributed by atoms with Gasteiger partial charge >= 0.3 is 0 Å². The second kappa shape index (κ2) is 6.28. The number of hydrogen-bond acceptors (Lipinski definition) is 4. The highest BCUT2D eigenvalue weighted by Crippen LogP contribution is 2.39. The largest absolute Gasteiger partial charge is 0.342 e. The van der Waals surface area contributed by atoms with Crippen molar-refractivity contribution in [1.82, 2.24) is 4.90 Å². The zero-order valence-corrected chi connectivity index (χ0v) is 14.9. The van der Waals surface area contributed by atoms with Crippen molar-refractivity contribution < 1.29 is 13.2 Å². The molecule has 2 aliphatic rings. The third-order valence-corrected chi connectivity index (χ3v) is 7.42. The molecule has 2 fully saturated rings. The quantitative estimate of drug-likeness (QED) is 0.832. The lowest BCUT2D eigenvalue weighted by atomic mass is 10.1. The Morgan fingerprint density at radius 3 is 2.65 bits per heavy atom. The van der Waals surface area contributed by atoms with Crippen molar-refractivity contribution in [2.24, 2.45) is 4.99 Å². The molecule has 0 saturated carbocycles. The van der Waals surface area contributed by atoms with E-state index >= 15 is 0 Å². The van der Waals surface area contributed by atoms with Gasteiger partial charge in [-0.1, -0.05) is 48.5 Å². The zero-order chi connectivity index (χ0) is 16.6. The minimum Gasteiger partial charge on any atom is -0.342 e. The average Bonchev–Trinajstić information content (AvgIpc) is 2.94. The maximum atomic E-state index is 11.9. The van der Waals surface area contributed by atoms with Gasteiger partial charge in [0.15, 0.2) is 15.0 Å². The van der Waals surface area contributed by atoms with Crippen molar-refractivity contribution in [2.75, 3.05) is 11.5 Å². The van der Waals surface area contributed by atoms with E-state index in [1.54, 1.807) is 6.92 Å². The zero-order valence-electron chi connectivity index (χ0n) is 13.2. The lowest BCUT2D eigenvalue weighted by molar-refractivity contribution is -0.117. The summed E-state index contributed by atoms with van der Waals surface area (Å²) < 4.78 is 23.9. The van der Waals surface area contributed by atoms with Gasteiger partial charge in [-0.25, -0.2) is 8.42 Å². The minimum absolute atomic E-state index is 0.0196. The van der Waals surface area contributed by atoms with Crippen LogP contribution in [0.25, 0.3) is 0 Å². The van der Waals surface area contributed by atoms with E-state index in [1.165, 1.54) is 17.3 Å². The lowest BCUT2D eigenvalue weighted by Gasteiger charge is -2.24. The summed E-state index contributed by atoms with van der Waals surface area (Å²) in [5, 5.41) is 0.649. The fraction of sp³-hybridized carbons (Fsp3) is 0.500. The normalized spacial score (nSPS) is 27.4. The third kappa shape index (κ3) is 3.61. The van der Waals surface area contributed by atoms with Crippen LogP contribution in [0.1, 0.15) is 24.5 Å². The molecule has 2 heterocycles. The van der Waals surface area contributed by atoms with Crippen molar-refractivity contribution in [2.45, 2.75) is 38.1 Å². The first-order valence-electron chi connectivity index (χ1n) is 7.69. The molecule has 3 rings (SSSR count). The van der Waals surface area contributed by atoms with Crippen LogP contribution < -0.4 is 0 Å². The van der Waals surface area contributed by atoms with Gasteiger partial charge in [-0.15, -0.1) is 0 Å². The van der Waals surface area contributed by atoms with Crippen molar-refractivity contribution in [1.29, 1.82) is 0 Å². The van der Waals surface area contributed by atoms with E-state index in [1.807, 2.05) is 36.1 Å². The highest BCUT2D eigenvalue weighted by Gasteiger charge is 2.48. The molecular formula is C16H20N2O3S2. The number of aliphatic imine (C=N–C) groups is 1. The van der Waals surface area contributed by atoms with Crippen LogP contribution in [0.4, 0.5) is 0 Å². The molecule has 0 aromatic heterocycles. The summed E-state index contributed by atoms with van der Waals surface area (Å²) in [5.74, 6) is 0.159. The summed E-state index contributed by atoms with van der Waals surface area (Å²) in [6.07, 6.45) is 0.357. The Labute approximate surface area is 141 Å². The first kappa shape index (κ1) is 16.5. The Morgan fingerprint density at radius 1 is 1.30 bits per heavy atom. The van der Waals surface area contributed by atoms with Crippen molar-refractivity contribution in [3.63, 3.8) is 0 Å². The molecule has 2 atom stereocenters. The molecule has 1 aromatic carbocycles. The number of thioether (sulfide) groups is 1. The Morgan fingerprint density at radius 2 is 2.00 bits per heavy atom. The summed E-state index contributed by atoms with van der Waals surface area (Å²) in [5.41, 5.74) is 2.28. The molecule has 0 radical (unpaired) electrons. The van der Waals surface area contributed by atoms with Crippen LogP contribution >= 0.6 is 11.8 Å². The summed E-state index contributed by atoms with van der Waals surface area (Å²) in [6, 6.07) is 8.06. The summed E-state index contributed by atoms with van der Waals surface area (Å²) in [6.45, 7) is 4.39. The number of amidine groups is 1. The number of carbonyl (C=O) groups excluding carboxylic acids is 1. The van der Waals surface area contributed by atoms with E-state index in [0.717, 1.165) is 5.56 Å². The van der Waals surface area contributed by atoms with E-state index in [4.69, 9.17) is 0 Å². The van der Waals surface area contributed by atoms with Gasteiger partial charge in [-0.3, -0.25) is 4.79 Å². The van der Waals surface area contributed by atoms with Gasteiger partial charge in [0.2, 0.25) is 5.91 Å². The SMILES string of the molecule is CCC(=O)N=C1S[C@@H]2CS(=O)(=O)C[C@H]2N1Cc1ccc(C)cc1. The van der Waals surface area contributed by atoms with E-state index < -0.39 is 9.84 Å². The van der Waals surface area contributed by atoms with Gasteiger partial charge in [-0.05, 0) is 12.5 Å². The predicted octanol–water partition coefficient (Wildman–Crippen LogP) is 2.00. The van der Waals surface area contributed by atoms with Crippen LogP contribution in [0.3, 0.4) is 0 Å². The monoisotopic (exact) mass is 352 g/mol. The summed E-state index contributed by atoms with van der Waals surface area (Å²) >= 11 is 1.43. The molecule has 124 valence electrons. The lowest BCUT2D eigenvalue weighted by Crippen LogP contribution is -2.37. The maximum absolute atomic E-state index is 11.9. The fourth-order valence-electron chi connectivity index (χ4n) is 2.90. The minimum atomic E-state index is -3.00. The van der Waals surface area contributed by atoms with E-state index in [2.05, 4.69) is 4.99 Å². The van der Waals surface area contributed by atoms with Crippen LogP contribution in [0.5, 0.6) is 0 Å². The molecule has 0 aliphatic carbocycles. The number of aryl methyl sites for hydroxylation is 1. The number of hydrogen-bond donors (Lipinski definition) is 0. The molecule has 0 spiro atoms. The van der Waals surface area contributed by atoms with E-state index in [0.29, 0.717) is 18.1 Å². The number of rotatable bonds is 3. The van der Waals surface area contributed by atoms with Crippen molar-refractivity contribution in [3.8, 4) is 0 Å². The average molecular weight is 352 g/mol.